The van der Waals surface area contributed by atoms with Gasteiger partial charge in [-0.2, -0.15) is 0 Å². The molecule has 19 heteroatoms. The summed E-state index contributed by atoms with van der Waals surface area (Å²) in [6, 6.07) is 21.7. The SMILES string of the molecule is CN1CCN(CC(=O)Nc2ccc(N=C(c3ccccc3)c3c(O)[nH]c4cc(B5OC6[C@@H](O5)[C@@H](O[C@]5(CO)O[C@H](CO)C(O)[C@@H]5O)O[C@H](CO)[C@H]6O)ccc34)cc2)CC1. The molecule has 5 heterocycles. The molecule has 4 fully saturated rings. The largest absolute Gasteiger partial charge is 0.494 e. The quantitative estimate of drug-likeness (QED) is 0.0590. The summed E-state index contributed by atoms with van der Waals surface area (Å²) in [5.41, 5.74) is 3.84. The van der Waals surface area contributed by atoms with E-state index in [0.717, 1.165) is 31.7 Å². The molecular weight excluding hydrogens is 769 g/mol. The van der Waals surface area contributed by atoms with Gasteiger partial charge in [0.1, 0.15) is 49.3 Å². The molecule has 9 atom stereocenters. The van der Waals surface area contributed by atoms with Gasteiger partial charge in [-0.15, -0.1) is 0 Å². The van der Waals surface area contributed by atoms with Crippen LogP contribution in [0, 0.1) is 0 Å². The molecule has 8 rings (SSSR count). The lowest BCUT2D eigenvalue weighted by atomic mass is 9.79. The average Bonchev–Trinajstić information content (AvgIpc) is 3.91. The highest BCUT2D eigenvalue weighted by atomic mass is 16.8. The number of aromatic hydroxyl groups is 1. The van der Waals surface area contributed by atoms with Crippen molar-refractivity contribution in [3.8, 4) is 5.88 Å². The van der Waals surface area contributed by atoms with Crippen molar-refractivity contribution in [2.75, 3.05) is 64.9 Å². The molecule has 4 aromatic rings. The maximum absolute atomic E-state index is 12.8. The van der Waals surface area contributed by atoms with Crippen molar-refractivity contribution < 1.29 is 64.1 Å². The lowest BCUT2D eigenvalue weighted by Crippen LogP contribution is -2.61. The zero-order valence-corrected chi connectivity index (χ0v) is 32.2. The van der Waals surface area contributed by atoms with Crippen LogP contribution in [0.2, 0.25) is 0 Å². The third-order valence-corrected chi connectivity index (χ3v) is 11.3. The highest BCUT2D eigenvalue weighted by Gasteiger charge is 2.61. The highest BCUT2D eigenvalue weighted by molar-refractivity contribution is 6.62. The number of benzene rings is 3. The topological polar surface area (TPSA) is 251 Å². The predicted octanol–water partition coefficient (Wildman–Crippen LogP) is -1.40. The number of amides is 1. The van der Waals surface area contributed by atoms with Crippen LogP contribution in [0.4, 0.5) is 11.4 Å². The molecule has 314 valence electrons. The van der Waals surface area contributed by atoms with Crippen LogP contribution < -0.4 is 10.8 Å². The number of piperazine rings is 1. The van der Waals surface area contributed by atoms with E-state index < -0.39 is 81.7 Å². The average molecular weight is 818 g/mol. The summed E-state index contributed by atoms with van der Waals surface area (Å²) < 4.78 is 29.7. The predicted molar refractivity (Wildman–Crippen MR) is 212 cm³/mol. The third-order valence-electron chi connectivity index (χ3n) is 11.3. The lowest BCUT2D eigenvalue weighted by molar-refractivity contribution is -0.374. The van der Waals surface area contributed by atoms with Crippen LogP contribution in [-0.4, -0.2) is 184 Å². The first-order valence-electron chi connectivity index (χ1n) is 19.5. The van der Waals surface area contributed by atoms with Crippen molar-refractivity contribution in [2.24, 2.45) is 4.99 Å². The summed E-state index contributed by atoms with van der Waals surface area (Å²) in [5, 5.41) is 77.1. The summed E-state index contributed by atoms with van der Waals surface area (Å²) in [6.07, 6.45) is -11.1. The van der Waals surface area contributed by atoms with Gasteiger partial charge in [0.25, 0.3) is 0 Å². The Hall–Kier alpha value is -4.32. The molecule has 0 bridgehead atoms. The molecule has 1 aromatic heterocycles. The number of hydrogen-bond donors (Lipinski definition) is 9. The summed E-state index contributed by atoms with van der Waals surface area (Å²) >= 11 is 0. The number of aromatic amines is 1. The van der Waals surface area contributed by atoms with Gasteiger partial charge in [0.05, 0.1) is 36.7 Å². The van der Waals surface area contributed by atoms with Gasteiger partial charge >= 0.3 is 7.12 Å². The number of aromatic nitrogens is 1. The van der Waals surface area contributed by atoms with Crippen LogP contribution in [0.3, 0.4) is 0 Å². The fraction of sp³-hybridized carbons (Fsp3) is 0.450. The molecule has 0 radical (unpaired) electrons. The van der Waals surface area contributed by atoms with Gasteiger partial charge in [-0.3, -0.25) is 9.69 Å². The third kappa shape index (κ3) is 8.27. The first-order valence-corrected chi connectivity index (χ1v) is 19.5. The van der Waals surface area contributed by atoms with Crippen LogP contribution in [0.25, 0.3) is 10.9 Å². The van der Waals surface area contributed by atoms with Crippen molar-refractivity contribution in [3.05, 3.63) is 83.9 Å². The van der Waals surface area contributed by atoms with E-state index in [4.69, 9.17) is 28.5 Å². The maximum Gasteiger partial charge on any atom is 0.494 e. The number of likely N-dealkylation sites (N-methyl/N-ethyl adjacent to an activating group) is 1. The second kappa shape index (κ2) is 17.3. The molecule has 3 aromatic carbocycles. The van der Waals surface area contributed by atoms with E-state index >= 15 is 0 Å². The fourth-order valence-corrected chi connectivity index (χ4v) is 7.98. The van der Waals surface area contributed by atoms with E-state index in [1.807, 2.05) is 30.3 Å². The number of nitrogens with zero attached hydrogens (tertiary/aromatic N) is 3. The van der Waals surface area contributed by atoms with Gasteiger partial charge in [-0.1, -0.05) is 42.5 Å². The Morgan fingerprint density at radius 1 is 0.932 bits per heavy atom. The van der Waals surface area contributed by atoms with E-state index in [9.17, 15) is 40.5 Å². The zero-order chi connectivity index (χ0) is 41.4. The molecule has 0 aliphatic carbocycles. The van der Waals surface area contributed by atoms with Crippen LogP contribution in [0.5, 0.6) is 5.88 Å². The van der Waals surface area contributed by atoms with Crippen LogP contribution in [0.1, 0.15) is 11.1 Å². The maximum atomic E-state index is 12.8. The molecule has 18 nitrogen and oxygen atoms in total. The number of nitrogens with one attached hydrogen (secondary N) is 2. The molecule has 9 N–H and O–H groups in total. The fourth-order valence-electron chi connectivity index (χ4n) is 7.98. The van der Waals surface area contributed by atoms with Gasteiger partial charge in [0.2, 0.25) is 11.7 Å². The molecule has 4 aliphatic heterocycles. The van der Waals surface area contributed by atoms with E-state index in [2.05, 4.69) is 27.1 Å². The van der Waals surface area contributed by atoms with Crippen LogP contribution >= 0.6 is 0 Å². The Balaban J connectivity index is 1.04. The zero-order valence-electron chi connectivity index (χ0n) is 32.2. The summed E-state index contributed by atoms with van der Waals surface area (Å²) in [7, 11) is 0.947. The van der Waals surface area contributed by atoms with Crippen LogP contribution in [0.15, 0.2) is 77.8 Å². The molecule has 59 heavy (non-hydrogen) atoms. The van der Waals surface area contributed by atoms with Crippen molar-refractivity contribution in [1.29, 1.82) is 0 Å². The van der Waals surface area contributed by atoms with Crippen LogP contribution in [-0.2, 0) is 28.3 Å². The van der Waals surface area contributed by atoms with E-state index in [1.54, 1.807) is 42.5 Å². The Kier molecular flexibility index (Phi) is 12.2. The number of fused-ring (bicyclic) bond motifs is 2. The molecule has 0 saturated carbocycles. The first kappa shape index (κ1) is 41.4. The van der Waals surface area contributed by atoms with Gasteiger partial charge in [0.15, 0.2) is 12.2 Å². The number of hydrogen-bond acceptors (Lipinski definition) is 16. The molecule has 0 spiro atoms. The van der Waals surface area contributed by atoms with E-state index in [1.165, 1.54) is 0 Å². The lowest BCUT2D eigenvalue weighted by Gasteiger charge is -2.43. The van der Waals surface area contributed by atoms with E-state index in [-0.39, 0.29) is 11.8 Å². The molecular formula is C40H48BN5O13. The van der Waals surface area contributed by atoms with Gasteiger partial charge in [-0.25, -0.2) is 4.99 Å². The summed E-state index contributed by atoms with van der Waals surface area (Å²) in [5.74, 6) is -2.47. The number of ether oxygens (including phenoxy) is 3. The number of H-pyrrole nitrogens is 1. The molecule has 1 amide bonds. The number of aliphatic hydroxyl groups is 6. The molecule has 2 unspecified atom stereocenters. The summed E-state index contributed by atoms with van der Waals surface area (Å²) in [4.78, 5) is 25.1. The number of carbonyl (C=O) groups excluding carboxylic acids is 1. The van der Waals surface area contributed by atoms with Crippen molar-refractivity contribution in [3.63, 3.8) is 0 Å². The normalized spacial score (nSPS) is 30.6. The monoisotopic (exact) mass is 817 g/mol. The Morgan fingerprint density at radius 3 is 2.32 bits per heavy atom. The number of rotatable bonds is 12. The second-order valence-corrected chi connectivity index (χ2v) is 15.3. The Labute approximate surface area is 339 Å². The van der Waals surface area contributed by atoms with E-state index in [0.29, 0.717) is 45.6 Å². The van der Waals surface area contributed by atoms with Gasteiger partial charge in [-0.05, 0) is 42.8 Å². The minimum Gasteiger partial charge on any atom is -0.494 e. The second-order valence-electron chi connectivity index (χ2n) is 15.3. The number of anilines is 1. The molecule has 4 aliphatic rings. The highest BCUT2D eigenvalue weighted by Crippen LogP contribution is 2.39. The smallest absolute Gasteiger partial charge is 0.494 e. The Morgan fingerprint density at radius 2 is 1.64 bits per heavy atom. The summed E-state index contributed by atoms with van der Waals surface area (Å²) in [6.45, 7) is 1.56. The van der Waals surface area contributed by atoms with Gasteiger partial charge in [0, 0.05) is 48.3 Å². The number of aliphatic imine (C=N–C) groups is 1. The molecule has 4 saturated heterocycles. The minimum absolute atomic E-state index is 0.0932. The standard InChI is InChI=1S/C40H48BN5O13/c1-45-13-15-46(16-14-45)18-30(50)42-24-8-10-25(11-9-24)43-32(22-5-3-2-4-6-22)31-26-12-7-23(17-27(26)44-38(31)54)41-58-35-33(51)28(19-47)55-39(36(35)59-41)57-40(21-49)37(53)34(52)29(20-48)56-40/h2-12,17,28-29,33-37,39,44,47-49,51-54H,13-16,18-21H2,1H3,(H,42,50)/t28-,29-,33-,34?,35?,36-,37+,39-,40+/m1/s1. The number of carbonyl (C=O) groups is 1. The number of aliphatic hydroxyl groups excluding tert-OH is 6. The van der Waals surface area contributed by atoms with Crippen molar-refractivity contribution >= 4 is 46.5 Å². The van der Waals surface area contributed by atoms with Gasteiger partial charge < -0.3 is 74.5 Å². The minimum atomic E-state index is -2.23. The van der Waals surface area contributed by atoms with Crippen molar-refractivity contribution in [1.82, 2.24) is 14.8 Å². The first-order chi connectivity index (χ1) is 28.5. The Bertz CT molecular complexity index is 2120. The van der Waals surface area contributed by atoms with Crippen molar-refractivity contribution in [2.45, 2.75) is 54.8 Å².